The van der Waals surface area contributed by atoms with Crippen molar-refractivity contribution in [1.82, 2.24) is 10.2 Å². The Morgan fingerprint density at radius 3 is 2.79 bits per heavy atom. The van der Waals surface area contributed by atoms with Gasteiger partial charge in [0.05, 0.1) is 0 Å². The van der Waals surface area contributed by atoms with E-state index in [1.54, 1.807) is 0 Å². The van der Waals surface area contributed by atoms with E-state index in [0.29, 0.717) is 6.54 Å². The number of rotatable bonds is 4. The molecule has 1 aliphatic carbocycles. The molecule has 0 heterocycles. The van der Waals surface area contributed by atoms with Gasteiger partial charge < -0.3 is 10.2 Å². The highest BCUT2D eigenvalue weighted by molar-refractivity contribution is 5.97. The van der Waals surface area contributed by atoms with Crippen LogP contribution in [-0.2, 0) is 4.79 Å². The molecule has 0 aliphatic heterocycles. The summed E-state index contributed by atoms with van der Waals surface area (Å²) in [6.07, 6.45) is 4.84. The van der Waals surface area contributed by atoms with Crippen molar-refractivity contribution in [2.75, 3.05) is 27.2 Å². The molecule has 0 aromatic carbocycles. The lowest BCUT2D eigenvalue weighted by atomic mass is 10.2. The van der Waals surface area contributed by atoms with E-state index in [2.05, 4.69) is 5.32 Å². The van der Waals surface area contributed by atoms with E-state index in [1.165, 1.54) is 5.57 Å². The number of amides is 1. The Balaban J connectivity index is 2.29. The molecule has 0 saturated carbocycles. The fourth-order valence-corrected chi connectivity index (χ4v) is 1.31. The highest BCUT2D eigenvalue weighted by Gasteiger charge is 2.10. The lowest BCUT2D eigenvalue weighted by Gasteiger charge is -2.10. The van der Waals surface area contributed by atoms with Crippen LogP contribution >= 0.6 is 0 Å². The molecule has 1 N–H and O–H groups in total. The van der Waals surface area contributed by atoms with E-state index < -0.39 is 0 Å². The second-order valence-electron chi connectivity index (χ2n) is 3.91. The number of nitrogens with one attached hydrogen (secondary N) is 1. The maximum Gasteiger partial charge on any atom is 0.251 e. The second kappa shape index (κ2) is 4.96. The summed E-state index contributed by atoms with van der Waals surface area (Å²) in [6, 6.07) is 0. The Morgan fingerprint density at radius 2 is 2.29 bits per heavy atom. The first-order valence-corrected chi connectivity index (χ1v) is 4.90. The SMILES string of the molecule is CC1=CC(C(=O)NCCN(C)C)=CC1. The number of carbonyl (C=O) groups is 1. The number of hydrogen-bond acceptors (Lipinski definition) is 2. The predicted molar refractivity (Wildman–Crippen MR) is 58.0 cm³/mol. The van der Waals surface area contributed by atoms with Gasteiger partial charge in [-0.15, -0.1) is 0 Å². The molecule has 0 saturated heterocycles. The maximum absolute atomic E-state index is 11.5. The van der Waals surface area contributed by atoms with Gasteiger partial charge in [-0.05, 0) is 27.4 Å². The Kier molecular flexibility index (Phi) is 3.89. The highest BCUT2D eigenvalue weighted by Crippen LogP contribution is 2.16. The van der Waals surface area contributed by atoms with Crippen LogP contribution in [0.2, 0.25) is 0 Å². The van der Waals surface area contributed by atoms with E-state index in [1.807, 2.05) is 38.1 Å². The van der Waals surface area contributed by atoms with Gasteiger partial charge in [0.2, 0.25) is 0 Å². The third-order valence-electron chi connectivity index (χ3n) is 2.15. The molecular weight excluding hydrogens is 176 g/mol. The molecule has 0 atom stereocenters. The standard InChI is InChI=1S/C11H18N2O/c1-9-4-5-10(8-9)11(14)12-6-7-13(2)3/h5,8H,4,6-7H2,1-3H3,(H,12,14). The average Bonchev–Trinajstić information content (AvgIpc) is 2.51. The Morgan fingerprint density at radius 1 is 1.57 bits per heavy atom. The van der Waals surface area contributed by atoms with Gasteiger partial charge in [0.1, 0.15) is 0 Å². The second-order valence-corrected chi connectivity index (χ2v) is 3.91. The molecule has 14 heavy (non-hydrogen) atoms. The molecule has 0 aromatic rings. The van der Waals surface area contributed by atoms with Crippen molar-refractivity contribution in [3.63, 3.8) is 0 Å². The third kappa shape index (κ3) is 3.34. The lowest BCUT2D eigenvalue weighted by molar-refractivity contribution is -0.117. The van der Waals surface area contributed by atoms with Gasteiger partial charge in [-0.25, -0.2) is 0 Å². The third-order valence-corrected chi connectivity index (χ3v) is 2.15. The van der Waals surface area contributed by atoms with Crippen LogP contribution in [-0.4, -0.2) is 38.0 Å². The number of likely N-dealkylation sites (N-methyl/N-ethyl adjacent to an activating group) is 1. The molecule has 0 radical (unpaired) electrons. The molecular formula is C11H18N2O. The number of hydrogen-bond donors (Lipinski definition) is 1. The van der Waals surface area contributed by atoms with E-state index in [-0.39, 0.29) is 5.91 Å². The number of allylic oxidation sites excluding steroid dienone is 2. The largest absolute Gasteiger partial charge is 0.351 e. The minimum absolute atomic E-state index is 0.0451. The predicted octanol–water partition coefficient (Wildman–Crippen LogP) is 0.941. The molecule has 0 fully saturated rings. The summed E-state index contributed by atoms with van der Waals surface area (Å²) in [4.78, 5) is 13.6. The fraction of sp³-hybridized carbons (Fsp3) is 0.545. The van der Waals surface area contributed by atoms with E-state index in [4.69, 9.17) is 0 Å². The Labute approximate surface area is 85.5 Å². The summed E-state index contributed by atoms with van der Waals surface area (Å²) < 4.78 is 0. The van der Waals surface area contributed by atoms with Crippen LogP contribution in [0.25, 0.3) is 0 Å². The topological polar surface area (TPSA) is 32.3 Å². The minimum Gasteiger partial charge on any atom is -0.351 e. The molecule has 3 heteroatoms. The van der Waals surface area contributed by atoms with Gasteiger partial charge in [0.25, 0.3) is 5.91 Å². The van der Waals surface area contributed by atoms with Crippen molar-refractivity contribution in [3.05, 3.63) is 23.3 Å². The first-order chi connectivity index (χ1) is 6.59. The van der Waals surface area contributed by atoms with Crippen LogP contribution in [0.15, 0.2) is 23.3 Å². The summed E-state index contributed by atoms with van der Waals surface area (Å²) in [5.74, 6) is 0.0451. The molecule has 3 nitrogen and oxygen atoms in total. The van der Waals surface area contributed by atoms with Crippen LogP contribution in [0.5, 0.6) is 0 Å². The summed E-state index contributed by atoms with van der Waals surface area (Å²) in [7, 11) is 3.98. The minimum atomic E-state index is 0.0451. The van der Waals surface area contributed by atoms with Crippen molar-refractivity contribution < 1.29 is 4.79 Å². The van der Waals surface area contributed by atoms with E-state index in [9.17, 15) is 4.79 Å². The van der Waals surface area contributed by atoms with Gasteiger partial charge in [-0.2, -0.15) is 0 Å². The average molecular weight is 194 g/mol. The van der Waals surface area contributed by atoms with Crippen LogP contribution < -0.4 is 5.32 Å². The fourth-order valence-electron chi connectivity index (χ4n) is 1.31. The number of nitrogens with zero attached hydrogens (tertiary/aromatic N) is 1. The first-order valence-electron chi connectivity index (χ1n) is 4.90. The number of carbonyl (C=O) groups excluding carboxylic acids is 1. The molecule has 0 bridgehead atoms. The van der Waals surface area contributed by atoms with Crippen LogP contribution in [0.1, 0.15) is 13.3 Å². The van der Waals surface area contributed by atoms with Crippen LogP contribution in [0.4, 0.5) is 0 Å². The van der Waals surface area contributed by atoms with Gasteiger partial charge in [-0.1, -0.05) is 17.7 Å². The monoisotopic (exact) mass is 194 g/mol. The molecule has 1 rings (SSSR count). The zero-order chi connectivity index (χ0) is 10.6. The first kappa shape index (κ1) is 11.0. The maximum atomic E-state index is 11.5. The zero-order valence-electron chi connectivity index (χ0n) is 9.13. The van der Waals surface area contributed by atoms with Gasteiger partial charge in [-0.3, -0.25) is 4.79 Å². The van der Waals surface area contributed by atoms with Crippen molar-refractivity contribution in [1.29, 1.82) is 0 Å². The summed E-state index contributed by atoms with van der Waals surface area (Å²) in [5, 5.41) is 2.88. The van der Waals surface area contributed by atoms with Crippen LogP contribution in [0, 0.1) is 0 Å². The normalized spacial score (nSPS) is 15.4. The van der Waals surface area contributed by atoms with Crippen molar-refractivity contribution in [2.24, 2.45) is 0 Å². The van der Waals surface area contributed by atoms with E-state index in [0.717, 1.165) is 18.5 Å². The Hall–Kier alpha value is -1.09. The summed E-state index contributed by atoms with van der Waals surface area (Å²) in [6.45, 7) is 3.62. The molecule has 78 valence electrons. The van der Waals surface area contributed by atoms with Gasteiger partial charge in [0, 0.05) is 18.7 Å². The van der Waals surface area contributed by atoms with E-state index >= 15 is 0 Å². The molecule has 1 amide bonds. The van der Waals surface area contributed by atoms with Crippen molar-refractivity contribution >= 4 is 5.91 Å². The molecule has 0 aromatic heterocycles. The lowest BCUT2D eigenvalue weighted by Crippen LogP contribution is -2.31. The highest BCUT2D eigenvalue weighted by atomic mass is 16.1. The summed E-state index contributed by atoms with van der Waals surface area (Å²) >= 11 is 0. The molecule has 1 aliphatic rings. The molecule has 0 unspecified atom stereocenters. The zero-order valence-corrected chi connectivity index (χ0v) is 9.13. The Bertz CT molecular complexity index is 277. The van der Waals surface area contributed by atoms with Gasteiger partial charge in [0.15, 0.2) is 0 Å². The quantitative estimate of drug-likeness (QED) is 0.722. The van der Waals surface area contributed by atoms with Crippen LogP contribution in [0.3, 0.4) is 0 Å². The van der Waals surface area contributed by atoms with Gasteiger partial charge >= 0.3 is 0 Å². The molecule has 0 spiro atoms. The summed E-state index contributed by atoms with van der Waals surface area (Å²) in [5.41, 5.74) is 2.06. The van der Waals surface area contributed by atoms with Crippen molar-refractivity contribution in [2.45, 2.75) is 13.3 Å². The smallest absolute Gasteiger partial charge is 0.251 e. The van der Waals surface area contributed by atoms with Crippen molar-refractivity contribution in [3.8, 4) is 0 Å².